The monoisotopic (exact) mass is 340 g/mol. The first-order chi connectivity index (χ1) is 11.5. The Morgan fingerprint density at radius 3 is 2.42 bits per heavy atom. The smallest absolute Gasteiger partial charge is 0.330 e. The minimum atomic E-state index is -0.859. The number of esters is 1. The van der Waals surface area contributed by atoms with Crippen molar-refractivity contribution in [2.24, 2.45) is 5.92 Å². The van der Waals surface area contributed by atoms with E-state index in [0.29, 0.717) is 13.0 Å². The number of nitrogens with one attached hydrogen (secondary N) is 1. The van der Waals surface area contributed by atoms with Gasteiger partial charge in [-0.2, -0.15) is 0 Å². The summed E-state index contributed by atoms with van der Waals surface area (Å²) < 4.78 is 5.11. The minimum absolute atomic E-state index is 0.0559. The number of nitrogens with zero attached hydrogens (tertiary/aromatic N) is 1. The van der Waals surface area contributed by atoms with Gasteiger partial charge in [0.2, 0.25) is 11.8 Å². The van der Waals surface area contributed by atoms with Gasteiger partial charge in [0, 0.05) is 6.54 Å². The normalized spacial score (nSPS) is 17.8. The highest BCUT2D eigenvalue weighted by Crippen LogP contribution is 2.14. The number of carbonyl (C=O) groups excluding carboxylic acids is 4. The van der Waals surface area contributed by atoms with Gasteiger partial charge in [-0.15, -0.1) is 0 Å². The summed E-state index contributed by atoms with van der Waals surface area (Å²) in [5.41, 5.74) is 0. The highest BCUT2D eigenvalue weighted by molar-refractivity contribution is 6.16. The topological polar surface area (TPSA) is 92.8 Å². The maximum atomic E-state index is 12.1. The molecule has 0 aromatic heterocycles. The number of amides is 4. The second-order valence-corrected chi connectivity index (χ2v) is 5.98. The van der Waals surface area contributed by atoms with Crippen LogP contribution in [0, 0.1) is 5.92 Å². The molecule has 0 aromatic rings. The lowest BCUT2D eigenvalue weighted by Crippen LogP contribution is -2.58. The summed E-state index contributed by atoms with van der Waals surface area (Å²) >= 11 is 0. The molecule has 0 spiro atoms. The van der Waals surface area contributed by atoms with Crippen molar-refractivity contribution in [1.29, 1.82) is 0 Å². The molecule has 1 heterocycles. The number of hydrogen-bond acceptors (Lipinski definition) is 5. The highest BCUT2D eigenvalue weighted by Gasteiger charge is 2.39. The van der Waals surface area contributed by atoms with Gasteiger partial charge in [-0.25, -0.2) is 4.79 Å². The number of carbonyl (C=O) groups is 4. The molecule has 1 unspecified atom stereocenters. The second kappa shape index (κ2) is 10.8. The highest BCUT2D eigenvalue weighted by atomic mass is 16.5. The number of unbranched alkanes of at least 4 members (excludes halogenated alkanes) is 5. The standard InChI is InChI=1S/C17H28N2O5/c1-3-5-6-7-8-9-12-24-14(20)10-11-19-16(22)13(4-2)15(21)18-17(19)23/h13H,3-12H2,1-2H3,(H,18,21,23). The van der Waals surface area contributed by atoms with Crippen molar-refractivity contribution in [2.75, 3.05) is 13.2 Å². The van der Waals surface area contributed by atoms with Gasteiger partial charge in [0.25, 0.3) is 0 Å². The lowest BCUT2D eigenvalue weighted by atomic mass is 10.0. The predicted octanol–water partition coefficient (Wildman–Crippen LogP) is 2.38. The summed E-state index contributed by atoms with van der Waals surface area (Å²) in [6.07, 6.45) is 6.88. The second-order valence-electron chi connectivity index (χ2n) is 5.98. The van der Waals surface area contributed by atoms with E-state index in [1.807, 2.05) is 0 Å². The lowest BCUT2D eigenvalue weighted by molar-refractivity contribution is -0.145. The molecule has 1 aliphatic rings. The van der Waals surface area contributed by atoms with Gasteiger partial charge in [0.05, 0.1) is 13.0 Å². The van der Waals surface area contributed by atoms with Crippen LogP contribution in [-0.4, -0.2) is 41.9 Å². The van der Waals surface area contributed by atoms with E-state index in [0.717, 1.165) is 24.2 Å². The van der Waals surface area contributed by atoms with E-state index in [4.69, 9.17) is 4.74 Å². The summed E-state index contributed by atoms with van der Waals surface area (Å²) in [5.74, 6) is -2.42. The number of barbiturate groups is 1. The summed E-state index contributed by atoms with van der Waals surface area (Å²) in [6, 6.07) is -0.765. The third-order valence-electron chi connectivity index (χ3n) is 4.06. The molecule has 1 aliphatic heterocycles. The lowest BCUT2D eigenvalue weighted by Gasteiger charge is -2.29. The Morgan fingerprint density at radius 1 is 1.08 bits per heavy atom. The van der Waals surface area contributed by atoms with Gasteiger partial charge < -0.3 is 4.74 Å². The molecular weight excluding hydrogens is 312 g/mol. The van der Waals surface area contributed by atoms with Gasteiger partial charge in [-0.1, -0.05) is 46.0 Å². The zero-order valence-corrected chi connectivity index (χ0v) is 14.6. The van der Waals surface area contributed by atoms with E-state index in [1.165, 1.54) is 19.3 Å². The first kappa shape index (κ1) is 20.1. The van der Waals surface area contributed by atoms with Gasteiger partial charge in [-0.05, 0) is 12.8 Å². The van der Waals surface area contributed by atoms with Gasteiger partial charge >= 0.3 is 12.0 Å². The van der Waals surface area contributed by atoms with Crippen LogP contribution in [-0.2, 0) is 19.1 Å². The molecule has 0 aliphatic carbocycles. The van der Waals surface area contributed by atoms with E-state index in [1.54, 1.807) is 6.92 Å². The summed E-state index contributed by atoms with van der Waals surface area (Å²) in [7, 11) is 0. The fourth-order valence-electron chi connectivity index (χ4n) is 2.58. The van der Waals surface area contributed by atoms with Crippen LogP contribution in [0.1, 0.15) is 65.2 Å². The first-order valence-corrected chi connectivity index (χ1v) is 8.83. The zero-order valence-electron chi connectivity index (χ0n) is 14.6. The van der Waals surface area contributed by atoms with Crippen LogP contribution in [0.15, 0.2) is 0 Å². The van der Waals surface area contributed by atoms with Crippen molar-refractivity contribution in [2.45, 2.75) is 65.2 Å². The molecule has 1 N–H and O–H groups in total. The van der Waals surface area contributed by atoms with Crippen LogP contribution in [0.4, 0.5) is 4.79 Å². The average Bonchev–Trinajstić information content (AvgIpc) is 2.54. The molecule has 0 bridgehead atoms. The molecular formula is C17H28N2O5. The quantitative estimate of drug-likeness (QED) is 0.354. The number of rotatable bonds is 11. The fraction of sp³-hybridized carbons (Fsp3) is 0.765. The molecule has 1 fully saturated rings. The van der Waals surface area contributed by atoms with Crippen LogP contribution < -0.4 is 5.32 Å². The summed E-state index contributed by atoms with van der Waals surface area (Å²) in [6.45, 7) is 4.16. The third-order valence-corrected chi connectivity index (χ3v) is 4.06. The molecule has 1 atom stereocenters. The fourth-order valence-corrected chi connectivity index (χ4v) is 2.58. The Balaban J connectivity index is 2.24. The predicted molar refractivity (Wildman–Crippen MR) is 88.0 cm³/mol. The number of hydrogen-bond donors (Lipinski definition) is 1. The number of urea groups is 1. The van der Waals surface area contributed by atoms with Crippen molar-refractivity contribution in [1.82, 2.24) is 10.2 Å². The molecule has 1 saturated heterocycles. The van der Waals surface area contributed by atoms with Crippen LogP contribution in [0.25, 0.3) is 0 Å². The number of imide groups is 2. The van der Waals surface area contributed by atoms with Crippen LogP contribution in [0.3, 0.4) is 0 Å². The zero-order chi connectivity index (χ0) is 17.9. The molecule has 0 saturated carbocycles. The van der Waals surface area contributed by atoms with Crippen molar-refractivity contribution in [3.8, 4) is 0 Å². The van der Waals surface area contributed by atoms with E-state index in [9.17, 15) is 19.2 Å². The van der Waals surface area contributed by atoms with Crippen molar-refractivity contribution >= 4 is 23.8 Å². The van der Waals surface area contributed by atoms with Crippen molar-refractivity contribution in [3.63, 3.8) is 0 Å². The van der Waals surface area contributed by atoms with Crippen LogP contribution >= 0.6 is 0 Å². The minimum Gasteiger partial charge on any atom is -0.466 e. The first-order valence-electron chi connectivity index (χ1n) is 8.83. The molecule has 0 aromatic carbocycles. The van der Waals surface area contributed by atoms with E-state index in [2.05, 4.69) is 12.2 Å². The molecule has 7 nitrogen and oxygen atoms in total. The largest absolute Gasteiger partial charge is 0.466 e. The van der Waals surface area contributed by atoms with E-state index >= 15 is 0 Å². The van der Waals surface area contributed by atoms with Crippen molar-refractivity contribution in [3.05, 3.63) is 0 Å². The maximum absolute atomic E-state index is 12.1. The Kier molecular flexibility index (Phi) is 9.04. The Bertz CT molecular complexity index is 464. The molecule has 0 radical (unpaired) electrons. The Labute approximate surface area is 143 Å². The molecule has 4 amide bonds. The summed E-state index contributed by atoms with van der Waals surface area (Å²) in [5, 5.41) is 2.14. The molecule has 7 heteroatoms. The molecule has 136 valence electrons. The maximum Gasteiger partial charge on any atom is 0.330 e. The van der Waals surface area contributed by atoms with Crippen molar-refractivity contribution < 1.29 is 23.9 Å². The van der Waals surface area contributed by atoms with E-state index in [-0.39, 0.29) is 13.0 Å². The SMILES string of the molecule is CCCCCCCCOC(=O)CCN1C(=O)NC(=O)C(CC)C1=O. The summed E-state index contributed by atoms with van der Waals surface area (Å²) in [4.78, 5) is 47.9. The van der Waals surface area contributed by atoms with Gasteiger partial charge in [-0.3, -0.25) is 24.6 Å². The number of ether oxygens (including phenoxy) is 1. The molecule has 1 rings (SSSR count). The van der Waals surface area contributed by atoms with E-state index < -0.39 is 29.7 Å². The molecule has 24 heavy (non-hydrogen) atoms. The Hall–Kier alpha value is -1.92. The van der Waals surface area contributed by atoms with Crippen LogP contribution in [0.2, 0.25) is 0 Å². The average molecular weight is 340 g/mol. The van der Waals surface area contributed by atoms with Crippen LogP contribution in [0.5, 0.6) is 0 Å². The van der Waals surface area contributed by atoms with Gasteiger partial charge in [0.1, 0.15) is 5.92 Å². The third kappa shape index (κ3) is 6.29. The Morgan fingerprint density at radius 2 is 1.75 bits per heavy atom. The van der Waals surface area contributed by atoms with Gasteiger partial charge in [0.15, 0.2) is 0 Å².